The lowest BCUT2D eigenvalue weighted by Crippen LogP contribution is -2.08. The third kappa shape index (κ3) is 3.88. The van der Waals surface area contributed by atoms with Crippen molar-refractivity contribution in [1.82, 2.24) is 9.97 Å². The Hall–Kier alpha value is -2.23. The van der Waals surface area contributed by atoms with E-state index in [2.05, 4.69) is 9.97 Å². The molecule has 0 amide bonds. The van der Waals surface area contributed by atoms with Crippen LogP contribution in [0.1, 0.15) is 29.8 Å². The summed E-state index contributed by atoms with van der Waals surface area (Å²) in [6, 6.07) is 5.43. The molecule has 4 nitrogen and oxygen atoms in total. The predicted octanol–water partition coefficient (Wildman–Crippen LogP) is 2.69. The summed E-state index contributed by atoms with van der Waals surface area (Å²) in [5, 5.41) is 0. The number of ketones is 1. The van der Waals surface area contributed by atoms with Crippen LogP contribution in [0.4, 0.5) is 0 Å². The van der Waals surface area contributed by atoms with Crippen LogP contribution >= 0.6 is 0 Å². The Morgan fingerprint density at radius 3 is 2.79 bits per heavy atom. The highest BCUT2D eigenvalue weighted by Gasteiger charge is 2.09. The number of hydrogen-bond donors (Lipinski definition) is 0. The van der Waals surface area contributed by atoms with Crippen LogP contribution < -0.4 is 4.74 Å². The van der Waals surface area contributed by atoms with Crippen LogP contribution in [-0.2, 0) is 6.42 Å². The van der Waals surface area contributed by atoms with Crippen molar-refractivity contribution in [3.8, 4) is 5.75 Å². The predicted molar refractivity (Wildman–Crippen MR) is 72.3 cm³/mol. The molecule has 4 heteroatoms. The Kier molecular flexibility index (Phi) is 4.23. The first-order valence-electron chi connectivity index (χ1n) is 6.19. The molecule has 0 spiro atoms. The van der Waals surface area contributed by atoms with Crippen molar-refractivity contribution in [1.29, 1.82) is 0 Å². The normalized spacial score (nSPS) is 10.5. The van der Waals surface area contributed by atoms with Crippen LogP contribution in [0.15, 0.2) is 43.0 Å². The maximum atomic E-state index is 12.1. The Morgan fingerprint density at radius 1 is 1.26 bits per heavy atom. The van der Waals surface area contributed by atoms with Gasteiger partial charge in [-0.2, -0.15) is 0 Å². The number of Topliss-reactive ketones (excluding diaryl/α,β-unsaturated/α-hetero) is 1. The second kappa shape index (κ2) is 6.09. The van der Waals surface area contributed by atoms with E-state index in [1.165, 1.54) is 0 Å². The zero-order valence-corrected chi connectivity index (χ0v) is 11.0. The monoisotopic (exact) mass is 256 g/mol. The third-order valence-electron chi connectivity index (χ3n) is 2.49. The molecule has 0 aliphatic carbocycles. The number of nitrogens with zero attached hydrogens (tertiary/aromatic N) is 2. The molecule has 0 aliphatic rings. The van der Waals surface area contributed by atoms with Gasteiger partial charge in [0.25, 0.3) is 0 Å². The van der Waals surface area contributed by atoms with E-state index in [0.29, 0.717) is 17.7 Å². The summed E-state index contributed by atoms with van der Waals surface area (Å²) in [6.07, 6.45) is 6.94. The fourth-order valence-electron chi connectivity index (χ4n) is 1.70. The van der Waals surface area contributed by atoms with Crippen LogP contribution in [-0.4, -0.2) is 21.9 Å². The SMILES string of the molecule is CC(C)Oc1cncc(C(=O)Cc2cccnc2)c1. The largest absolute Gasteiger partial charge is 0.489 e. The molecule has 2 rings (SSSR count). The number of rotatable bonds is 5. The fraction of sp³-hybridized carbons (Fsp3) is 0.267. The molecule has 19 heavy (non-hydrogen) atoms. The first-order valence-corrected chi connectivity index (χ1v) is 6.19. The maximum Gasteiger partial charge on any atom is 0.168 e. The molecule has 0 aliphatic heterocycles. The molecule has 2 aromatic heterocycles. The lowest BCUT2D eigenvalue weighted by molar-refractivity contribution is 0.0991. The zero-order chi connectivity index (χ0) is 13.7. The maximum absolute atomic E-state index is 12.1. The molecule has 2 heterocycles. The van der Waals surface area contributed by atoms with Crippen molar-refractivity contribution in [3.05, 3.63) is 54.1 Å². The average molecular weight is 256 g/mol. The van der Waals surface area contributed by atoms with E-state index >= 15 is 0 Å². The Balaban J connectivity index is 2.11. The fourth-order valence-corrected chi connectivity index (χ4v) is 1.70. The van der Waals surface area contributed by atoms with Gasteiger partial charge in [0.05, 0.1) is 12.3 Å². The highest BCUT2D eigenvalue weighted by atomic mass is 16.5. The van der Waals surface area contributed by atoms with Crippen molar-refractivity contribution < 1.29 is 9.53 Å². The minimum Gasteiger partial charge on any atom is -0.489 e. The average Bonchev–Trinajstić information content (AvgIpc) is 2.39. The second-order valence-corrected chi connectivity index (χ2v) is 4.54. The quantitative estimate of drug-likeness (QED) is 0.772. The molecule has 0 radical (unpaired) electrons. The van der Waals surface area contributed by atoms with Crippen LogP contribution in [0.3, 0.4) is 0 Å². The second-order valence-electron chi connectivity index (χ2n) is 4.54. The van der Waals surface area contributed by atoms with Gasteiger partial charge < -0.3 is 4.74 Å². The molecular weight excluding hydrogens is 240 g/mol. The molecule has 0 N–H and O–H groups in total. The molecule has 0 fully saturated rings. The van der Waals surface area contributed by atoms with E-state index in [4.69, 9.17) is 4.74 Å². The smallest absolute Gasteiger partial charge is 0.168 e. The van der Waals surface area contributed by atoms with Crippen molar-refractivity contribution in [2.75, 3.05) is 0 Å². The van der Waals surface area contributed by atoms with Gasteiger partial charge in [-0.15, -0.1) is 0 Å². The number of ether oxygens (including phenoxy) is 1. The highest BCUT2D eigenvalue weighted by molar-refractivity contribution is 5.97. The summed E-state index contributed by atoms with van der Waals surface area (Å²) in [6.45, 7) is 3.87. The van der Waals surface area contributed by atoms with Gasteiger partial charge in [0.2, 0.25) is 0 Å². The van der Waals surface area contributed by atoms with Crippen LogP contribution in [0, 0.1) is 0 Å². The summed E-state index contributed by atoms with van der Waals surface area (Å²) >= 11 is 0. The number of pyridine rings is 2. The van der Waals surface area contributed by atoms with Gasteiger partial charge in [-0.1, -0.05) is 6.07 Å². The van der Waals surface area contributed by atoms with E-state index in [-0.39, 0.29) is 11.9 Å². The van der Waals surface area contributed by atoms with E-state index in [0.717, 1.165) is 5.56 Å². The summed E-state index contributed by atoms with van der Waals surface area (Å²) in [4.78, 5) is 20.2. The Bertz CT molecular complexity index is 553. The highest BCUT2D eigenvalue weighted by Crippen LogP contribution is 2.14. The number of carbonyl (C=O) groups excluding carboxylic acids is 1. The Morgan fingerprint density at radius 2 is 2.11 bits per heavy atom. The molecule has 2 aromatic rings. The third-order valence-corrected chi connectivity index (χ3v) is 2.49. The summed E-state index contributed by atoms with van der Waals surface area (Å²) < 4.78 is 5.53. The molecule has 0 atom stereocenters. The van der Waals surface area contributed by atoms with Crippen molar-refractivity contribution in [3.63, 3.8) is 0 Å². The Labute approximate surface area is 112 Å². The van der Waals surface area contributed by atoms with Gasteiger partial charge >= 0.3 is 0 Å². The lowest BCUT2D eigenvalue weighted by atomic mass is 10.1. The van der Waals surface area contributed by atoms with Gasteiger partial charge in [0.15, 0.2) is 5.78 Å². The topological polar surface area (TPSA) is 52.1 Å². The van der Waals surface area contributed by atoms with Gasteiger partial charge in [0, 0.05) is 30.6 Å². The molecule has 98 valence electrons. The van der Waals surface area contributed by atoms with Crippen molar-refractivity contribution in [2.45, 2.75) is 26.4 Å². The van der Waals surface area contributed by atoms with Gasteiger partial charge in [-0.25, -0.2) is 0 Å². The van der Waals surface area contributed by atoms with Crippen LogP contribution in [0.2, 0.25) is 0 Å². The van der Waals surface area contributed by atoms with Gasteiger partial charge in [-0.3, -0.25) is 14.8 Å². The molecular formula is C15H16N2O2. The first kappa shape index (κ1) is 13.2. The summed E-state index contributed by atoms with van der Waals surface area (Å²) in [5.41, 5.74) is 1.45. The van der Waals surface area contributed by atoms with Crippen LogP contribution in [0.25, 0.3) is 0 Å². The summed E-state index contributed by atoms with van der Waals surface area (Å²) in [7, 11) is 0. The standard InChI is InChI=1S/C15H16N2O2/c1-11(2)19-14-7-13(9-17-10-14)15(18)6-12-4-3-5-16-8-12/h3-5,7-11H,6H2,1-2H3. The first-order chi connectivity index (χ1) is 9.15. The lowest BCUT2D eigenvalue weighted by Gasteiger charge is -2.09. The van der Waals surface area contributed by atoms with Gasteiger partial charge in [0.1, 0.15) is 5.75 Å². The molecule has 0 saturated heterocycles. The number of carbonyl (C=O) groups is 1. The van der Waals surface area contributed by atoms with Crippen LogP contribution in [0.5, 0.6) is 5.75 Å². The van der Waals surface area contributed by atoms with E-state index in [1.54, 1.807) is 30.9 Å². The molecule has 0 aromatic carbocycles. The minimum atomic E-state index is 0.00899. The molecule has 0 saturated carbocycles. The van der Waals surface area contributed by atoms with E-state index in [1.807, 2.05) is 26.0 Å². The van der Waals surface area contributed by atoms with Crippen molar-refractivity contribution >= 4 is 5.78 Å². The van der Waals surface area contributed by atoms with Crippen molar-refractivity contribution in [2.24, 2.45) is 0 Å². The number of aromatic nitrogens is 2. The van der Waals surface area contributed by atoms with E-state index in [9.17, 15) is 4.79 Å². The summed E-state index contributed by atoms with van der Waals surface area (Å²) in [5.74, 6) is 0.627. The molecule has 0 bridgehead atoms. The zero-order valence-electron chi connectivity index (χ0n) is 11.0. The minimum absolute atomic E-state index is 0.00899. The number of hydrogen-bond acceptors (Lipinski definition) is 4. The van der Waals surface area contributed by atoms with E-state index < -0.39 is 0 Å². The molecule has 0 unspecified atom stereocenters. The van der Waals surface area contributed by atoms with Gasteiger partial charge in [-0.05, 0) is 31.5 Å².